The van der Waals surface area contributed by atoms with Crippen molar-refractivity contribution in [3.05, 3.63) is 0 Å². The maximum atomic E-state index is 11.5. The Morgan fingerprint density at radius 3 is 2.47 bits per heavy atom. The molecule has 1 unspecified atom stereocenters. The monoisotopic (exact) mass is 239 g/mol. The quantitative estimate of drug-likeness (QED) is 0.822. The van der Waals surface area contributed by atoms with Crippen LogP contribution in [-0.2, 0) is 9.53 Å². The van der Waals surface area contributed by atoms with Crippen LogP contribution in [0.15, 0.2) is 0 Å². The minimum absolute atomic E-state index is 0.215. The Morgan fingerprint density at radius 2 is 1.94 bits per heavy atom. The second-order valence-corrected chi connectivity index (χ2v) is 5.67. The molecule has 3 heteroatoms. The van der Waals surface area contributed by atoms with Crippen molar-refractivity contribution in [2.45, 2.75) is 57.9 Å². The molecule has 1 atom stereocenters. The molecule has 98 valence electrons. The molecular formula is C14H25NO2. The molecule has 0 radical (unpaired) electrons. The minimum atomic E-state index is 0.215. The fourth-order valence-electron chi connectivity index (χ4n) is 3.76. The molecule has 0 aromatic rings. The summed E-state index contributed by atoms with van der Waals surface area (Å²) in [7, 11) is 0. The molecule has 0 aromatic heterocycles. The van der Waals surface area contributed by atoms with Gasteiger partial charge in [0, 0.05) is 32.1 Å². The molecule has 1 heterocycles. The highest BCUT2D eigenvalue weighted by molar-refractivity contribution is 5.79. The number of Topliss-reactive ketones (excluding diaryl/α,β-unsaturated/α-hetero) is 1. The van der Waals surface area contributed by atoms with Crippen LogP contribution < -0.4 is 5.73 Å². The predicted molar refractivity (Wildman–Crippen MR) is 67.7 cm³/mol. The van der Waals surface area contributed by atoms with Gasteiger partial charge in [-0.15, -0.1) is 0 Å². The van der Waals surface area contributed by atoms with Gasteiger partial charge in [-0.3, -0.25) is 4.79 Å². The number of ether oxygens (including phenoxy) is 1. The fourth-order valence-corrected chi connectivity index (χ4v) is 3.76. The molecular weight excluding hydrogens is 214 g/mol. The van der Waals surface area contributed by atoms with Gasteiger partial charge >= 0.3 is 0 Å². The SMILES string of the molecule is CCC(N)C1(C2CCOCC2)CCC(=O)CC1. The van der Waals surface area contributed by atoms with Gasteiger partial charge in [0.25, 0.3) is 0 Å². The van der Waals surface area contributed by atoms with E-state index in [1.54, 1.807) is 0 Å². The van der Waals surface area contributed by atoms with Crippen LogP contribution >= 0.6 is 0 Å². The summed E-state index contributed by atoms with van der Waals surface area (Å²) in [4.78, 5) is 11.5. The number of hydrogen-bond donors (Lipinski definition) is 1. The van der Waals surface area contributed by atoms with Gasteiger partial charge in [0.05, 0.1) is 0 Å². The van der Waals surface area contributed by atoms with E-state index in [4.69, 9.17) is 10.5 Å². The zero-order valence-electron chi connectivity index (χ0n) is 10.9. The van der Waals surface area contributed by atoms with E-state index >= 15 is 0 Å². The third kappa shape index (κ3) is 2.55. The second kappa shape index (κ2) is 5.49. The first-order chi connectivity index (χ1) is 8.19. The van der Waals surface area contributed by atoms with E-state index in [1.807, 2.05) is 0 Å². The number of ketones is 1. The molecule has 1 saturated heterocycles. The van der Waals surface area contributed by atoms with Crippen LogP contribution in [0.1, 0.15) is 51.9 Å². The van der Waals surface area contributed by atoms with Gasteiger partial charge in [0.15, 0.2) is 0 Å². The van der Waals surface area contributed by atoms with Crippen molar-refractivity contribution in [2.75, 3.05) is 13.2 Å². The van der Waals surface area contributed by atoms with Crippen LogP contribution in [0.3, 0.4) is 0 Å². The number of hydrogen-bond acceptors (Lipinski definition) is 3. The Hall–Kier alpha value is -0.410. The molecule has 2 aliphatic rings. The number of carbonyl (C=O) groups is 1. The number of nitrogens with two attached hydrogens (primary N) is 1. The van der Waals surface area contributed by atoms with Crippen molar-refractivity contribution in [2.24, 2.45) is 17.1 Å². The summed E-state index contributed by atoms with van der Waals surface area (Å²) in [5, 5.41) is 0. The van der Waals surface area contributed by atoms with Gasteiger partial charge in [0.1, 0.15) is 5.78 Å². The van der Waals surface area contributed by atoms with Crippen molar-refractivity contribution < 1.29 is 9.53 Å². The summed E-state index contributed by atoms with van der Waals surface area (Å²) in [6.07, 6.45) is 6.77. The third-order valence-electron chi connectivity index (χ3n) is 4.95. The first-order valence-corrected chi connectivity index (χ1v) is 7.04. The Bertz CT molecular complexity index is 261. The highest BCUT2D eigenvalue weighted by Crippen LogP contribution is 2.48. The lowest BCUT2D eigenvalue weighted by Crippen LogP contribution is -2.50. The van der Waals surface area contributed by atoms with Gasteiger partial charge in [-0.1, -0.05) is 6.92 Å². The first-order valence-electron chi connectivity index (χ1n) is 7.04. The molecule has 0 amide bonds. The molecule has 1 aliphatic heterocycles. The standard InChI is InChI=1S/C14H25NO2/c1-2-13(15)14(7-3-12(16)4-8-14)11-5-9-17-10-6-11/h11,13H,2-10,15H2,1H3. The van der Waals surface area contributed by atoms with Crippen molar-refractivity contribution in [1.82, 2.24) is 0 Å². The molecule has 2 N–H and O–H groups in total. The molecule has 0 bridgehead atoms. The maximum Gasteiger partial charge on any atom is 0.132 e. The van der Waals surface area contributed by atoms with Crippen molar-refractivity contribution in [3.63, 3.8) is 0 Å². The van der Waals surface area contributed by atoms with Crippen molar-refractivity contribution in [1.29, 1.82) is 0 Å². The zero-order valence-corrected chi connectivity index (χ0v) is 10.9. The van der Waals surface area contributed by atoms with Gasteiger partial charge in [-0.2, -0.15) is 0 Å². The lowest BCUT2D eigenvalue weighted by molar-refractivity contribution is -0.125. The van der Waals surface area contributed by atoms with E-state index in [1.165, 1.54) is 0 Å². The highest BCUT2D eigenvalue weighted by Gasteiger charge is 2.45. The maximum absolute atomic E-state index is 11.5. The molecule has 2 rings (SSSR count). The summed E-state index contributed by atoms with van der Waals surface area (Å²) in [6.45, 7) is 3.91. The van der Waals surface area contributed by atoms with E-state index in [0.717, 1.165) is 58.2 Å². The van der Waals surface area contributed by atoms with E-state index in [2.05, 4.69) is 6.92 Å². The molecule has 1 aliphatic carbocycles. The topological polar surface area (TPSA) is 52.3 Å². The van der Waals surface area contributed by atoms with Crippen LogP contribution in [0.25, 0.3) is 0 Å². The van der Waals surface area contributed by atoms with Gasteiger partial charge < -0.3 is 10.5 Å². The minimum Gasteiger partial charge on any atom is -0.381 e. The summed E-state index contributed by atoms with van der Waals surface area (Å²) in [6, 6.07) is 0.249. The Balaban J connectivity index is 2.13. The van der Waals surface area contributed by atoms with Gasteiger partial charge in [-0.25, -0.2) is 0 Å². The third-order valence-corrected chi connectivity index (χ3v) is 4.95. The van der Waals surface area contributed by atoms with E-state index in [9.17, 15) is 4.79 Å². The van der Waals surface area contributed by atoms with Crippen LogP contribution in [0.2, 0.25) is 0 Å². The van der Waals surface area contributed by atoms with Crippen molar-refractivity contribution in [3.8, 4) is 0 Å². The van der Waals surface area contributed by atoms with Crippen LogP contribution in [-0.4, -0.2) is 25.0 Å². The summed E-state index contributed by atoms with van der Waals surface area (Å²) in [5.41, 5.74) is 6.62. The molecule has 3 nitrogen and oxygen atoms in total. The molecule has 0 spiro atoms. The van der Waals surface area contributed by atoms with Crippen LogP contribution in [0, 0.1) is 11.3 Å². The Morgan fingerprint density at radius 1 is 1.35 bits per heavy atom. The molecule has 0 aromatic carbocycles. The largest absolute Gasteiger partial charge is 0.381 e. The highest BCUT2D eigenvalue weighted by atomic mass is 16.5. The predicted octanol–water partition coefficient (Wildman–Crippen LogP) is 2.28. The summed E-state index contributed by atoms with van der Waals surface area (Å²) >= 11 is 0. The van der Waals surface area contributed by atoms with E-state index in [0.29, 0.717) is 11.7 Å². The van der Waals surface area contributed by atoms with Crippen molar-refractivity contribution >= 4 is 5.78 Å². The molecule has 17 heavy (non-hydrogen) atoms. The lowest BCUT2D eigenvalue weighted by Gasteiger charge is -2.48. The summed E-state index contributed by atoms with van der Waals surface area (Å²) in [5.74, 6) is 1.09. The second-order valence-electron chi connectivity index (χ2n) is 5.67. The van der Waals surface area contributed by atoms with E-state index < -0.39 is 0 Å². The average molecular weight is 239 g/mol. The van der Waals surface area contributed by atoms with Gasteiger partial charge in [0.2, 0.25) is 0 Å². The molecule has 2 fully saturated rings. The smallest absolute Gasteiger partial charge is 0.132 e. The fraction of sp³-hybridized carbons (Fsp3) is 0.929. The number of carbonyl (C=O) groups excluding carboxylic acids is 1. The Labute approximate surface area is 104 Å². The number of rotatable bonds is 3. The first kappa shape index (κ1) is 13.0. The normalized spacial score (nSPS) is 28.0. The molecule has 1 saturated carbocycles. The lowest BCUT2D eigenvalue weighted by atomic mass is 9.59. The average Bonchev–Trinajstić information content (AvgIpc) is 2.40. The van der Waals surface area contributed by atoms with Gasteiger partial charge in [-0.05, 0) is 43.4 Å². The van der Waals surface area contributed by atoms with Crippen LogP contribution in [0.4, 0.5) is 0 Å². The summed E-state index contributed by atoms with van der Waals surface area (Å²) < 4.78 is 5.46. The zero-order chi connectivity index (χ0) is 12.3. The van der Waals surface area contributed by atoms with Crippen LogP contribution in [0.5, 0.6) is 0 Å². The van der Waals surface area contributed by atoms with E-state index in [-0.39, 0.29) is 11.5 Å². The Kier molecular flexibility index (Phi) is 4.21.